The molecule has 0 radical (unpaired) electrons. The highest BCUT2D eigenvalue weighted by Gasteiger charge is 2.16. The molecule has 0 aromatic carbocycles. The number of nitrogens with two attached hydrogens (primary N) is 1. The summed E-state index contributed by atoms with van der Waals surface area (Å²) in [5.74, 6) is 0.590. The molecule has 0 saturated heterocycles. The van der Waals surface area contributed by atoms with Crippen molar-refractivity contribution in [1.82, 2.24) is 14.9 Å². The van der Waals surface area contributed by atoms with Gasteiger partial charge >= 0.3 is 0 Å². The van der Waals surface area contributed by atoms with Crippen LogP contribution in [0.3, 0.4) is 0 Å². The summed E-state index contributed by atoms with van der Waals surface area (Å²) < 4.78 is 0.478. The van der Waals surface area contributed by atoms with Gasteiger partial charge in [0.25, 0.3) is 0 Å². The molecule has 0 spiro atoms. The summed E-state index contributed by atoms with van der Waals surface area (Å²) in [5, 5.41) is 0. The highest BCUT2D eigenvalue weighted by atomic mass is 32.1. The van der Waals surface area contributed by atoms with Crippen LogP contribution in [-0.2, 0) is 13.0 Å². The fourth-order valence-corrected chi connectivity index (χ4v) is 1.85. The van der Waals surface area contributed by atoms with Gasteiger partial charge in [0.05, 0.1) is 0 Å². The zero-order valence-corrected chi connectivity index (χ0v) is 8.32. The fraction of sp³-hybridized carbons (Fsp3) is 0.500. The Kier molecular flexibility index (Phi) is 2.05. The lowest BCUT2D eigenvalue weighted by Gasteiger charge is -2.24. The predicted molar refractivity (Wildman–Crippen MR) is 53.9 cm³/mol. The Balaban J connectivity index is 2.53. The van der Waals surface area contributed by atoms with Gasteiger partial charge in [0.2, 0.25) is 0 Å². The minimum absolute atomic E-state index is 0.478. The molecule has 1 aliphatic heterocycles. The van der Waals surface area contributed by atoms with Crippen LogP contribution in [0.15, 0.2) is 0 Å². The summed E-state index contributed by atoms with van der Waals surface area (Å²) in [6.07, 6.45) is 0.955. The summed E-state index contributed by atoms with van der Waals surface area (Å²) in [4.78, 5) is 9.34. The molecule has 0 amide bonds. The number of hydrogen-bond acceptors (Lipinski definition) is 4. The number of hydrogen-bond donors (Lipinski definition) is 2. The number of aromatic amines is 1. The molecule has 4 nitrogen and oxygen atoms in total. The highest BCUT2D eigenvalue weighted by Crippen LogP contribution is 2.19. The van der Waals surface area contributed by atoms with Gasteiger partial charge in [-0.05, 0) is 25.7 Å². The molecule has 0 unspecified atom stereocenters. The number of fused-ring (bicyclic) bond motifs is 1. The number of anilines is 1. The highest BCUT2D eigenvalue weighted by molar-refractivity contribution is 7.71. The van der Waals surface area contributed by atoms with Crippen LogP contribution in [0.1, 0.15) is 11.3 Å². The third kappa shape index (κ3) is 1.57. The predicted octanol–water partition coefficient (Wildman–Crippen LogP) is 0.709. The standard InChI is InChI=1S/C8H12N4S/c1-12-3-2-5-6(4-12)10-8(13)11-7(5)9/h2-4H2,1H3,(H3,9,10,11,13). The zero-order valence-electron chi connectivity index (χ0n) is 7.50. The van der Waals surface area contributed by atoms with Crippen LogP contribution in [0.4, 0.5) is 5.82 Å². The minimum Gasteiger partial charge on any atom is -0.383 e. The van der Waals surface area contributed by atoms with Gasteiger partial charge in [0, 0.05) is 24.3 Å². The maximum absolute atomic E-state index is 5.77. The van der Waals surface area contributed by atoms with E-state index in [1.165, 1.54) is 0 Å². The van der Waals surface area contributed by atoms with Crippen LogP contribution < -0.4 is 5.73 Å². The first kappa shape index (κ1) is 8.65. The summed E-state index contributed by atoms with van der Waals surface area (Å²) in [6, 6.07) is 0. The molecule has 2 heterocycles. The monoisotopic (exact) mass is 196 g/mol. The van der Waals surface area contributed by atoms with Gasteiger partial charge < -0.3 is 15.6 Å². The number of nitrogen functional groups attached to an aromatic ring is 1. The Hall–Kier alpha value is -0.940. The first-order valence-electron chi connectivity index (χ1n) is 4.23. The van der Waals surface area contributed by atoms with Crippen molar-refractivity contribution in [3.05, 3.63) is 16.0 Å². The normalized spacial score (nSPS) is 17.0. The average Bonchev–Trinajstić information content (AvgIpc) is 2.02. The molecule has 0 fully saturated rings. The third-order valence-corrected chi connectivity index (χ3v) is 2.52. The molecular formula is C8H12N4S. The quantitative estimate of drug-likeness (QED) is 0.600. The van der Waals surface area contributed by atoms with E-state index in [1.807, 2.05) is 0 Å². The van der Waals surface area contributed by atoms with E-state index in [4.69, 9.17) is 18.0 Å². The molecule has 0 bridgehead atoms. The lowest BCUT2D eigenvalue weighted by atomic mass is 10.1. The molecule has 0 saturated carbocycles. The van der Waals surface area contributed by atoms with E-state index in [0.29, 0.717) is 10.6 Å². The van der Waals surface area contributed by atoms with Crippen LogP contribution in [0, 0.1) is 4.77 Å². The van der Waals surface area contributed by atoms with Crippen molar-refractivity contribution in [3.63, 3.8) is 0 Å². The minimum atomic E-state index is 0.478. The molecule has 3 N–H and O–H groups in total. The second-order valence-electron chi connectivity index (χ2n) is 3.37. The van der Waals surface area contributed by atoms with Crippen molar-refractivity contribution in [3.8, 4) is 0 Å². The maximum Gasteiger partial charge on any atom is 0.198 e. The van der Waals surface area contributed by atoms with Gasteiger partial charge in [-0.3, -0.25) is 0 Å². The van der Waals surface area contributed by atoms with Gasteiger partial charge in [-0.15, -0.1) is 0 Å². The Morgan fingerprint density at radius 2 is 2.38 bits per heavy atom. The first-order chi connectivity index (χ1) is 6.16. The second kappa shape index (κ2) is 3.08. The summed E-state index contributed by atoms with van der Waals surface area (Å²) in [5.41, 5.74) is 8.02. The largest absolute Gasteiger partial charge is 0.383 e. The van der Waals surface area contributed by atoms with E-state index in [0.717, 1.165) is 30.8 Å². The summed E-state index contributed by atoms with van der Waals surface area (Å²) in [6.45, 7) is 1.91. The Morgan fingerprint density at radius 1 is 1.62 bits per heavy atom. The topological polar surface area (TPSA) is 57.9 Å². The van der Waals surface area contributed by atoms with Gasteiger partial charge in [-0.1, -0.05) is 0 Å². The van der Waals surface area contributed by atoms with Crippen molar-refractivity contribution in [2.45, 2.75) is 13.0 Å². The first-order valence-corrected chi connectivity index (χ1v) is 4.64. The van der Waals surface area contributed by atoms with Crippen molar-refractivity contribution >= 4 is 18.0 Å². The van der Waals surface area contributed by atoms with Crippen LogP contribution >= 0.6 is 12.2 Å². The van der Waals surface area contributed by atoms with Crippen molar-refractivity contribution in [1.29, 1.82) is 0 Å². The van der Waals surface area contributed by atoms with E-state index in [9.17, 15) is 0 Å². The number of nitrogens with one attached hydrogen (secondary N) is 1. The van der Waals surface area contributed by atoms with Crippen molar-refractivity contribution in [2.75, 3.05) is 19.3 Å². The molecule has 2 rings (SSSR count). The average molecular weight is 196 g/mol. The van der Waals surface area contributed by atoms with Crippen LogP contribution in [0.25, 0.3) is 0 Å². The summed E-state index contributed by atoms with van der Waals surface area (Å²) in [7, 11) is 2.08. The molecule has 1 aromatic rings. The Labute approximate surface area is 81.8 Å². The molecule has 0 aliphatic carbocycles. The van der Waals surface area contributed by atoms with Crippen molar-refractivity contribution < 1.29 is 0 Å². The molecule has 1 aliphatic rings. The number of rotatable bonds is 0. The molecule has 1 aromatic heterocycles. The van der Waals surface area contributed by atoms with E-state index in [2.05, 4.69) is 21.9 Å². The molecule has 13 heavy (non-hydrogen) atoms. The number of nitrogens with zero attached hydrogens (tertiary/aromatic N) is 2. The van der Waals surface area contributed by atoms with E-state index in [1.54, 1.807) is 0 Å². The van der Waals surface area contributed by atoms with Crippen molar-refractivity contribution in [2.24, 2.45) is 0 Å². The van der Waals surface area contributed by atoms with Gasteiger partial charge in [0.15, 0.2) is 4.77 Å². The zero-order chi connectivity index (χ0) is 9.42. The van der Waals surface area contributed by atoms with E-state index < -0.39 is 0 Å². The van der Waals surface area contributed by atoms with E-state index in [-0.39, 0.29) is 0 Å². The summed E-state index contributed by atoms with van der Waals surface area (Å²) >= 11 is 4.96. The van der Waals surface area contributed by atoms with Gasteiger partial charge in [-0.25, -0.2) is 4.98 Å². The SMILES string of the molecule is CN1CCc2c(N)nc(=S)[nH]c2C1. The fourth-order valence-electron chi connectivity index (χ4n) is 1.63. The lowest BCUT2D eigenvalue weighted by Crippen LogP contribution is -2.28. The number of aromatic nitrogens is 2. The maximum atomic E-state index is 5.77. The second-order valence-corrected chi connectivity index (χ2v) is 3.76. The smallest absolute Gasteiger partial charge is 0.198 e. The van der Waals surface area contributed by atoms with E-state index >= 15 is 0 Å². The van der Waals surface area contributed by atoms with Crippen LogP contribution in [-0.4, -0.2) is 28.5 Å². The van der Waals surface area contributed by atoms with Gasteiger partial charge in [0.1, 0.15) is 5.82 Å². The van der Waals surface area contributed by atoms with Crippen LogP contribution in [0.5, 0.6) is 0 Å². The number of H-pyrrole nitrogens is 1. The number of likely N-dealkylation sites (N-methyl/N-ethyl adjacent to an activating group) is 1. The van der Waals surface area contributed by atoms with Crippen LogP contribution in [0.2, 0.25) is 0 Å². The Bertz CT molecular complexity index is 384. The molecule has 5 heteroatoms. The lowest BCUT2D eigenvalue weighted by molar-refractivity contribution is 0.307. The van der Waals surface area contributed by atoms with Gasteiger partial charge in [-0.2, -0.15) is 0 Å². The molecule has 0 atom stereocenters. The molecular weight excluding hydrogens is 184 g/mol. The Morgan fingerprint density at radius 3 is 3.15 bits per heavy atom. The third-order valence-electron chi connectivity index (χ3n) is 2.32. The molecule has 70 valence electrons.